The van der Waals surface area contributed by atoms with Crippen LogP contribution in [0.2, 0.25) is 0 Å². The van der Waals surface area contributed by atoms with Gasteiger partial charge in [0.1, 0.15) is 18.8 Å². The Kier molecular flexibility index (Phi) is 6.60. The van der Waals surface area contributed by atoms with Gasteiger partial charge in [-0.3, -0.25) is 18.5 Å². The summed E-state index contributed by atoms with van der Waals surface area (Å²) in [6, 6.07) is 8.24. The van der Waals surface area contributed by atoms with Gasteiger partial charge in [0.2, 0.25) is 0 Å². The molecule has 2 heterocycles. The lowest BCUT2D eigenvalue weighted by molar-refractivity contribution is -0.0487. The van der Waals surface area contributed by atoms with E-state index >= 15 is 0 Å². The quantitative estimate of drug-likeness (QED) is 0.346. The number of aromatic amines is 1. The van der Waals surface area contributed by atoms with Crippen LogP contribution in [-0.4, -0.2) is 53.8 Å². The second kappa shape index (κ2) is 8.84. The van der Waals surface area contributed by atoms with Crippen LogP contribution in [0, 0.1) is 6.92 Å². The van der Waals surface area contributed by atoms with Crippen LogP contribution in [0.5, 0.6) is 0 Å². The second-order valence-electron chi connectivity index (χ2n) is 6.72. The van der Waals surface area contributed by atoms with E-state index in [0.717, 1.165) is 10.8 Å². The van der Waals surface area contributed by atoms with Gasteiger partial charge in [-0.15, -0.1) is 0 Å². The molecule has 1 N–H and O–H groups in total. The summed E-state index contributed by atoms with van der Waals surface area (Å²) >= 11 is 3.32. The van der Waals surface area contributed by atoms with Crippen molar-refractivity contribution in [1.29, 1.82) is 0 Å². The molecule has 3 rings (SSSR count). The van der Waals surface area contributed by atoms with Gasteiger partial charge < -0.3 is 9.47 Å². The largest absolute Gasteiger partial charge is 0.459 e. The zero-order chi connectivity index (χ0) is 22.1. The third kappa shape index (κ3) is 5.06. The molecule has 0 aliphatic carbocycles. The minimum absolute atomic E-state index is 0.262. The topological polar surface area (TPSA) is 134 Å². The van der Waals surface area contributed by atoms with Crippen LogP contribution in [0.1, 0.15) is 22.1 Å². The van der Waals surface area contributed by atoms with E-state index in [1.54, 1.807) is 30.3 Å². The summed E-state index contributed by atoms with van der Waals surface area (Å²) < 4.78 is 40.8. The molecule has 2 unspecified atom stereocenters. The fourth-order valence-electron chi connectivity index (χ4n) is 2.96. The normalized spacial score (nSPS) is 24.0. The molecule has 0 saturated carbocycles. The van der Waals surface area contributed by atoms with E-state index in [0.29, 0.717) is 5.56 Å². The molecule has 1 aliphatic heterocycles. The number of aryl methyl sites for hydroxylation is 1. The number of esters is 1. The van der Waals surface area contributed by atoms with Crippen molar-refractivity contribution in [2.75, 3.05) is 12.9 Å². The minimum atomic E-state index is -3.89. The number of halogens is 1. The van der Waals surface area contributed by atoms with Crippen LogP contribution in [0.4, 0.5) is 0 Å². The zero-order valence-corrected chi connectivity index (χ0v) is 18.4. The third-order valence-electron chi connectivity index (χ3n) is 4.36. The van der Waals surface area contributed by atoms with Gasteiger partial charge in [-0.1, -0.05) is 34.1 Å². The summed E-state index contributed by atoms with van der Waals surface area (Å²) in [5.41, 5.74) is -0.703. The van der Waals surface area contributed by atoms with Crippen molar-refractivity contribution in [3.05, 3.63) is 68.5 Å². The molecule has 2 aromatic rings. The van der Waals surface area contributed by atoms with Crippen molar-refractivity contribution < 1.29 is 26.9 Å². The Balaban J connectivity index is 1.85. The highest BCUT2D eigenvalue weighted by Crippen LogP contribution is 2.36. The molecule has 1 fully saturated rings. The molecule has 12 heteroatoms. The third-order valence-corrected chi connectivity index (χ3v) is 5.91. The molecule has 1 aliphatic rings. The van der Waals surface area contributed by atoms with Gasteiger partial charge in [-0.05, 0) is 19.1 Å². The van der Waals surface area contributed by atoms with E-state index < -0.39 is 50.6 Å². The number of carbonyl (C=O) groups excluding carboxylic acids is 1. The number of nitrogens with one attached hydrogen (secondary N) is 1. The Hall–Kier alpha value is -2.28. The van der Waals surface area contributed by atoms with Gasteiger partial charge in [-0.25, -0.2) is 9.59 Å². The summed E-state index contributed by atoms with van der Waals surface area (Å²) in [7, 11) is -3.89. The number of nitrogens with zero attached hydrogens (tertiary/aromatic N) is 1. The van der Waals surface area contributed by atoms with Crippen LogP contribution in [0.15, 0.2) is 46.1 Å². The fourth-order valence-corrected chi connectivity index (χ4v) is 4.58. The molecule has 0 radical (unpaired) electrons. The molecule has 162 valence electrons. The lowest BCUT2D eigenvalue weighted by Gasteiger charge is -2.19. The molecule has 1 aromatic carbocycles. The highest BCUT2D eigenvalue weighted by molar-refractivity contribution is 9.09. The first-order valence-corrected chi connectivity index (χ1v) is 11.5. The Morgan fingerprint density at radius 3 is 2.57 bits per heavy atom. The molecular formula is C18H19BrN2O8S. The number of hydrogen-bond acceptors (Lipinski definition) is 8. The Morgan fingerprint density at radius 2 is 1.93 bits per heavy atom. The van der Waals surface area contributed by atoms with Gasteiger partial charge in [0.25, 0.3) is 15.7 Å². The monoisotopic (exact) mass is 502 g/mol. The molecule has 4 atom stereocenters. The second-order valence-corrected chi connectivity index (χ2v) is 9.38. The van der Waals surface area contributed by atoms with E-state index in [-0.39, 0.29) is 12.2 Å². The van der Waals surface area contributed by atoms with Crippen molar-refractivity contribution in [3.63, 3.8) is 0 Å². The van der Waals surface area contributed by atoms with Crippen molar-refractivity contribution >= 4 is 32.0 Å². The first-order chi connectivity index (χ1) is 14.1. The van der Waals surface area contributed by atoms with Crippen LogP contribution < -0.4 is 11.2 Å². The maximum absolute atomic E-state index is 12.2. The van der Waals surface area contributed by atoms with Crippen molar-refractivity contribution in [2.24, 2.45) is 0 Å². The van der Waals surface area contributed by atoms with Gasteiger partial charge in [0.05, 0.1) is 16.6 Å². The number of carbonyl (C=O) groups is 1. The number of rotatable bonds is 6. The molecule has 10 nitrogen and oxygen atoms in total. The van der Waals surface area contributed by atoms with E-state index in [9.17, 15) is 22.8 Å². The highest BCUT2D eigenvalue weighted by Gasteiger charge is 2.47. The highest BCUT2D eigenvalue weighted by atomic mass is 79.9. The zero-order valence-electron chi connectivity index (χ0n) is 16.0. The van der Waals surface area contributed by atoms with Crippen molar-refractivity contribution in [1.82, 2.24) is 9.55 Å². The minimum Gasteiger partial charge on any atom is -0.459 e. The first kappa shape index (κ1) is 22.4. The van der Waals surface area contributed by atoms with Crippen LogP contribution >= 0.6 is 15.9 Å². The summed E-state index contributed by atoms with van der Waals surface area (Å²) in [6.07, 6.45) is -0.923. The summed E-state index contributed by atoms with van der Waals surface area (Å²) in [5, 5.41) is 0. The maximum Gasteiger partial charge on any atom is 0.338 e. The van der Waals surface area contributed by atoms with Crippen molar-refractivity contribution in [2.45, 2.75) is 30.2 Å². The molecule has 1 aromatic heterocycles. The fraction of sp³-hybridized carbons (Fsp3) is 0.389. The number of benzene rings is 1. The summed E-state index contributed by atoms with van der Waals surface area (Å²) in [6.45, 7) is 1.19. The van der Waals surface area contributed by atoms with E-state index in [1.165, 1.54) is 13.1 Å². The van der Waals surface area contributed by atoms with Gasteiger partial charge in [0, 0.05) is 11.8 Å². The number of ether oxygens (including phenoxy) is 2. The van der Waals surface area contributed by atoms with Gasteiger partial charge in [-0.2, -0.15) is 8.42 Å². The van der Waals surface area contributed by atoms with E-state index in [2.05, 4.69) is 20.9 Å². The maximum atomic E-state index is 12.2. The average Bonchev–Trinajstić information content (AvgIpc) is 2.97. The average molecular weight is 503 g/mol. The summed E-state index contributed by atoms with van der Waals surface area (Å²) in [5.74, 6) is -0.621. The number of hydrogen-bond donors (Lipinski definition) is 1. The predicted molar refractivity (Wildman–Crippen MR) is 109 cm³/mol. The summed E-state index contributed by atoms with van der Waals surface area (Å²) in [4.78, 5) is 37.5. The lowest BCUT2D eigenvalue weighted by atomic mass is 10.2. The Labute approximate surface area is 180 Å². The number of H-pyrrole nitrogens is 1. The van der Waals surface area contributed by atoms with Gasteiger partial charge in [0.15, 0.2) is 6.23 Å². The lowest BCUT2D eigenvalue weighted by Crippen LogP contribution is -2.38. The number of aromatic nitrogens is 2. The van der Waals surface area contributed by atoms with E-state index in [1.807, 2.05) is 0 Å². The Morgan fingerprint density at radius 1 is 1.27 bits per heavy atom. The van der Waals surface area contributed by atoms with Crippen LogP contribution in [0.3, 0.4) is 0 Å². The smallest absolute Gasteiger partial charge is 0.338 e. The molecule has 0 bridgehead atoms. The Bertz CT molecular complexity index is 1140. The number of alkyl halides is 1. The molecule has 1 saturated heterocycles. The first-order valence-electron chi connectivity index (χ1n) is 8.79. The van der Waals surface area contributed by atoms with Crippen LogP contribution in [-0.2, 0) is 23.8 Å². The van der Waals surface area contributed by atoms with Crippen molar-refractivity contribution in [3.8, 4) is 0 Å². The van der Waals surface area contributed by atoms with E-state index in [4.69, 9.17) is 13.7 Å². The predicted octanol–water partition coefficient (Wildman–Crippen LogP) is 0.708. The molecule has 0 amide bonds. The SMILES string of the molecule is Cc1cn([C@@H]2O[C@H](COC(=O)c3ccccc3)C(OS(C)(=O)=O)C2Br)c(=O)[nH]c1=O. The standard InChI is InChI=1S/C18H19BrN2O8S/c1-10-8-21(18(24)20-15(10)22)16-13(19)14(29-30(2,25)26)12(28-16)9-27-17(23)11-6-4-3-5-7-11/h3-8,12-14,16H,9H2,1-2H3,(H,20,22,24)/t12-,13?,14?,16-/m1/s1. The molecule has 30 heavy (non-hydrogen) atoms. The molecular weight excluding hydrogens is 484 g/mol. The molecule has 0 spiro atoms. The van der Waals surface area contributed by atoms with Crippen LogP contribution in [0.25, 0.3) is 0 Å². The van der Waals surface area contributed by atoms with Gasteiger partial charge >= 0.3 is 11.7 Å².